The van der Waals surface area contributed by atoms with Gasteiger partial charge < -0.3 is 14.8 Å². The Labute approximate surface area is 123 Å². The molecule has 0 saturated carbocycles. The van der Waals surface area contributed by atoms with Gasteiger partial charge in [0.2, 0.25) is 0 Å². The lowest BCUT2D eigenvalue weighted by Gasteiger charge is -2.33. The second-order valence-electron chi connectivity index (χ2n) is 4.48. The Hall–Kier alpha value is -1.37. The van der Waals surface area contributed by atoms with Gasteiger partial charge in [-0.25, -0.2) is 9.78 Å². The van der Waals surface area contributed by atoms with Crippen LogP contribution in [0.1, 0.15) is 17.3 Å². The van der Waals surface area contributed by atoms with Crippen LogP contribution in [0.4, 0.5) is 5.69 Å². The SMILES string of the molecule is COC(=O)c1ccnc(Cl)c1NC(C)N1CCOCC1. The Morgan fingerprint density at radius 3 is 2.90 bits per heavy atom. The molecule has 1 unspecified atom stereocenters. The molecule has 0 bridgehead atoms. The monoisotopic (exact) mass is 299 g/mol. The van der Waals surface area contributed by atoms with Gasteiger partial charge in [0, 0.05) is 19.3 Å². The minimum atomic E-state index is -0.439. The van der Waals surface area contributed by atoms with E-state index in [0.29, 0.717) is 24.5 Å². The Balaban J connectivity index is 2.17. The number of hydrogen-bond acceptors (Lipinski definition) is 6. The number of hydrogen-bond donors (Lipinski definition) is 1. The summed E-state index contributed by atoms with van der Waals surface area (Å²) in [6.45, 7) is 5.09. The Morgan fingerprint density at radius 2 is 2.25 bits per heavy atom. The summed E-state index contributed by atoms with van der Waals surface area (Å²) in [4.78, 5) is 18.0. The van der Waals surface area contributed by atoms with Crippen molar-refractivity contribution in [1.29, 1.82) is 0 Å². The van der Waals surface area contributed by atoms with Crippen molar-refractivity contribution < 1.29 is 14.3 Å². The predicted octanol–water partition coefficient (Wildman–Crippen LogP) is 1.61. The van der Waals surface area contributed by atoms with Crippen LogP contribution in [0.2, 0.25) is 5.15 Å². The van der Waals surface area contributed by atoms with E-state index < -0.39 is 5.97 Å². The zero-order valence-corrected chi connectivity index (χ0v) is 12.3. The number of rotatable bonds is 4. The molecule has 110 valence electrons. The minimum absolute atomic E-state index is 0.0176. The summed E-state index contributed by atoms with van der Waals surface area (Å²) in [5.41, 5.74) is 0.882. The lowest BCUT2D eigenvalue weighted by molar-refractivity contribution is 0.0253. The highest BCUT2D eigenvalue weighted by Crippen LogP contribution is 2.25. The zero-order chi connectivity index (χ0) is 14.5. The number of carbonyl (C=O) groups excluding carboxylic acids is 1. The van der Waals surface area contributed by atoms with Gasteiger partial charge in [0.25, 0.3) is 0 Å². The van der Waals surface area contributed by atoms with Crippen molar-refractivity contribution in [1.82, 2.24) is 9.88 Å². The topological polar surface area (TPSA) is 63.7 Å². The zero-order valence-electron chi connectivity index (χ0n) is 11.6. The number of aromatic nitrogens is 1. The fourth-order valence-electron chi connectivity index (χ4n) is 2.12. The van der Waals surface area contributed by atoms with E-state index in [1.54, 1.807) is 6.07 Å². The molecule has 1 atom stereocenters. The van der Waals surface area contributed by atoms with Crippen molar-refractivity contribution >= 4 is 23.3 Å². The van der Waals surface area contributed by atoms with Gasteiger partial charge in [0.05, 0.1) is 37.7 Å². The first kappa shape index (κ1) is 15.0. The molecule has 1 aliphatic heterocycles. The molecule has 0 aromatic carbocycles. The number of carbonyl (C=O) groups is 1. The number of anilines is 1. The number of halogens is 1. The smallest absolute Gasteiger partial charge is 0.340 e. The van der Waals surface area contributed by atoms with E-state index in [0.717, 1.165) is 13.1 Å². The maximum Gasteiger partial charge on any atom is 0.340 e. The first-order chi connectivity index (χ1) is 9.63. The van der Waals surface area contributed by atoms with Gasteiger partial charge in [-0.05, 0) is 13.0 Å². The fraction of sp³-hybridized carbons (Fsp3) is 0.538. The Bertz CT molecular complexity index is 478. The summed E-state index contributed by atoms with van der Waals surface area (Å²) in [5.74, 6) is -0.439. The normalized spacial score (nSPS) is 17.6. The molecule has 7 heteroatoms. The molecule has 1 saturated heterocycles. The second kappa shape index (κ2) is 6.88. The van der Waals surface area contributed by atoms with Crippen molar-refractivity contribution in [3.63, 3.8) is 0 Å². The Morgan fingerprint density at radius 1 is 1.55 bits per heavy atom. The minimum Gasteiger partial charge on any atom is -0.465 e. The molecular formula is C13H18ClN3O3. The van der Waals surface area contributed by atoms with Gasteiger partial charge >= 0.3 is 5.97 Å². The van der Waals surface area contributed by atoms with Crippen molar-refractivity contribution in [2.75, 3.05) is 38.7 Å². The van der Waals surface area contributed by atoms with E-state index in [4.69, 9.17) is 21.1 Å². The molecule has 1 aromatic rings. The predicted molar refractivity (Wildman–Crippen MR) is 76.1 cm³/mol. The summed E-state index contributed by atoms with van der Waals surface area (Å²) in [5, 5.41) is 3.50. The third kappa shape index (κ3) is 3.39. The lowest BCUT2D eigenvalue weighted by atomic mass is 10.2. The molecule has 1 N–H and O–H groups in total. The van der Waals surface area contributed by atoms with E-state index in [2.05, 4.69) is 15.2 Å². The molecule has 0 radical (unpaired) electrons. The molecule has 2 rings (SSSR count). The van der Waals surface area contributed by atoms with E-state index in [9.17, 15) is 4.79 Å². The molecule has 1 aliphatic rings. The summed E-state index contributed by atoms with van der Waals surface area (Å²) in [6, 6.07) is 1.59. The molecule has 6 nitrogen and oxygen atoms in total. The molecule has 0 amide bonds. The van der Waals surface area contributed by atoms with Gasteiger partial charge in [0.1, 0.15) is 0 Å². The fourth-order valence-corrected chi connectivity index (χ4v) is 2.33. The maximum absolute atomic E-state index is 11.8. The van der Waals surface area contributed by atoms with E-state index in [1.807, 2.05) is 6.92 Å². The van der Waals surface area contributed by atoms with Gasteiger partial charge in [-0.2, -0.15) is 0 Å². The number of nitrogens with zero attached hydrogens (tertiary/aromatic N) is 2. The number of pyridine rings is 1. The number of esters is 1. The number of methoxy groups -OCH3 is 1. The van der Waals surface area contributed by atoms with Crippen molar-refractivity contribution in [2.45, 2.75) is 13.1 Å². The molecular weight excluding hydrogens is 282 g/mol. The van der Waals surface area contributed by atoms with Crippen LogP contribution in [0.3, 0.4) is 0 Å². The van der Waals surface area contributed by atoms with Gasteiger partial charge in [-0.1, -0.05) is 11.6 Å². The average molecular weight is 300 g/mol. The summed E-state index contributed by atoms with van der Waals surface area (Å²) < 4.78 is 10.1. The van der Waals surface area contributed by atoms with E-state index in [-0.39, 0.29) is 11.3 Å². The summed E-state index contributed by atoms with van der Waals surface area (Å²) >= 11 is 6.09. The third-order valence-corrected chi connectivity index (χ3v) is 3.54. The van der Waals surface area contributed by atoms with E-state index >= 15 is 0 Å². The van der Waals surface area contributed by atoms with Crippen molar-refractivity contribution in [3.8, 4) is 0 Å². The summed E-state index contributed by atoms with van der Waals surface area (Å²) in [7, 11) is 1.34. The van der Waals surface area contributed by atoms with Gasteiger partial charge in [-0.15, -0.1) is 0 Å². The van der Waals surface area contributed by atoms with Crippen LogP contribution < -0.4 is 5.32 Å². The molecule has 20 heavy (non-hydrogen) atoms. The molecule has 1 aromatic heterocycles. The lowest BCUT2D eigenvalue weighted by Crippen LogP contribution is -2.45. The largest absolute Gasteiger partial charge is 0.465 e. The van der Waals surface area contributed by atoms with Crippen molar-refractivity contribution in [2.24, 2.45) is 0 Å². The summed E-state index contributed by atoms with van der Waals surface area (Å²) in [6.07, 6.45) is 1.50. The Kier molecular flexibility index (Phi) is 5.17. The highest BCUT2D eigenvalue weighted by Gasteiger charge is 2.21. The number of morpholine rings is 1. The standard InChI is InChI=1S/C13H18ClN3O3/c1-9(17-5-7-20-8-6-17)16-11-10(13(18)19-2)3-4-15-12(11)14/h3-4,9,16H,5-8H2,1-2H3. The first-order valence-corrected chi connectivity index (χ1v) is 6.82. The molecule has 2 heterocycles. The average Bonchev–Trinajstić information content (AvgIpc) is 2.49. The van der Waals surface area contributed by atoms with Gasteiger partial charge in [-0.3, -0.25) is 4.90 Å². The van der Waals surface area contributed by atoms with Crippen LogP contribution in [0, 0.1) is 0 Å². The molecule has 0 aliphatic carbocycles. The van der Waals surface area contributed by atoms with Crippen molar-refractivity contribution in [3.05, 3.63) is 23.0 Å². The third-order valence-electron chi connectivity index (χ3n) is 3.26. The second-order valence-corrected chi connectivity index (χ2v) is 4.84. The van der Waals surface area contributed by atoms with Gasteiger partial charge in [0.15, 0.2) is 5.15 Å². The maximum atomic E-state index is 11.8. The van der Waals surface area contributed by atoms with Crippen LogP contribution in [0.25, 0.3) is 0 Å². The highest BCUT2D eigenvalue weighted by atomic mass is 35.5. The van der Waals surface area contributed by atoms with Crippen LogP contribution in [-0.2, 0) is 9.47 Å². The van der Waals surface area contributed by atoms with Crippen LogP contribution >= 0.6 is 11.6 Å². The van der Waals surface area contributed by atoms with E-state index in [1.165, 1.54) is 13.3 Å². The molecule has 0 spiro atoms. The number of nitrogens with one attached hydrogen (secondary N) is 1. The highest BCUT2D eigenvalue weighted by molar-refractivity contribution is 6.32. The van der Waals surface area contributed by atoms with Crippen LogP contribution in [0.15, 0.2) is 12.3 Å². The van der Waals surface area contributed by atoms with Crippen LogP contribution in [-0.4, -0.2) is 55.4 Å². The quantitative estimate of drug-likeness (QED) is 0.673. The first-order valence-electron chi connectivity index (χ1n) is 6.44. The van der Waals surface area contributed by atoms with Crippen LogP contribution in [0.5, 0.6) is 0 Å². The number of ether oxygens (including phenoxy) is 2. The molecule has 1 fully saturated rings.